The lowest BCUT2D eigenvalue weighted by Gasteiger charge is -2.20. The number of Topliss-reactive ketones (excluding diaryl/α,β-unsaturated/α-hetero) is 1. The lowest BCUT2D eigenvalue weighted by Crippen LogP contribution is -2.11. The summed E-state index contributed by atoms with van der Waals surface area (Å²) in [7, 11) is 0. The van der Waals surface area contributed by atoms with Gasteiger partial charge in [0.1, 0.15) is 16.9 Å². The van der Waals surface area contributed by atoms with E-state index in [-0.39, 0.29) is 11.5 Å². The number of hydrogen-bond acceptors (Lipinski definition) is 5. The van der Waals surface area contributed by atoms with Crippen LogP contribution in [0, 0.1) is 11.3 Å². The summed E-state index contributed by atoms with van der Waals surface area (Å²) >= 11 is 4.71. The molecule has 0 unspecified atom stereocenters. The first-order valence-corrected chi connectivity index (χ1v) is 10.9. The second-order valence-electron chi connectivity index (χ2n) is 6.61. The molecule has 0 amide bonds. The predicted octanol–water partition coefficient (Wildman–Crippen LogP) is 5.83. The summed E-state index contributed by atoms with van der Waals surface area (Å²) in [4.78, 5) is 17.3. The van der Waals surface area contributed by atoms with Gasteiger partial charge in [0.2, 0.25) is 0 Å². The molecule has 0 saturated carbocycles. The zero-order valence-electron chi connectivity index (χ0n) is 15.1. The van der Waals surface area contributed by atoms with Crippen LogP contribution in [0.25, 0.3) is 11.3 Å². The molecular weight excluding hydrogens is 436 g/mol. The summed E-state index contributed by atoms with van der Waals surface area (Å²) < 4.78 is 6.56. The van der Waals surface area contributed by atoms with Gasteiger partial charge in [0, 0.05) is 21.3 Å². The first-order chi connectivity index (χ1) is 13.7. The molecule has 1 aromatic carbocycles. The third-order valence-electron chi connectivity index (χ3n) is 4.83. The minimum atomic E-state index is 0.0143. The van der Waals surface area contributed by atoms with Crippen molar-refractivity contribution < 1.29 is 9.21 Å². The van der Waals surface area contributed by atoms with Crippen LogP contribution in [0.15, 0.2) is 56.6 Å². The van der Waals surface area contributed by atoms with E-state index in [4.69, 9.17) is 9.40 Å². The highest BCUT2D eigenvalue weighted by Gasteiger charge is 2.25. The van der Waals surface area contributed by atoms with E-state index in [1.807, 2.05) is 24.3 Å². The molecule has 0 fully saturated rings. The minimum absolute atomic E-state index is 0.0143. The van der Waals surface area contributed by atoms with Crippen molar-refractivity contribution >= 4 is 33.5 Å². The van der Waals surface area contributed by atoms with Crippen LogP contribution in [0.2, 0.25) is 0 Å². The van der Waals surface area contributed by atoms with Gasteiger partial charge in [-0.25, -0.2) is 4.98 Å². The molecule has 0 atom stereocenters. The number of aryl methyl sites for hydroxylation is 1. The molecule has 140 valence electrons. The van der Waals surface area contributed by atoms with Gasteiger partial charge in [-0.1, -0.05) is 39.8 Å². The smallest absolute Gasteiger partial charge is 0.173 e. The third kappa shape index (κ3) is 3.78. The Morgan fingerprint density at radius 3 is 2.71 bits per heavy atom. The summed E-state index contributed by atoms with van der Waals surface area (Å²) in [5.41, 5.74) is 4.13. The van der Waals surface area contributed by atoms with Crippen LogP contribution in [-0.2, 0) is 12.8 Å². The Bertz CT molecular complexity index is 1050. The van der Waals surface area contributed by atoms with Gasteiger partial charge in [-0.15, -0.1) is 0 Å². The molecule has 0 spiro atoms. The van der Waals surface area contributed by atoms with Crippen LogP contribution < -0.4 is 0 Å². The first kappa shape index (κ1) is 19.0. The lowest BCUT2D eigenvalue weighted by molar-refractivity contribution is 0.102. The van der Waals surface area contributed by atoms with Crippen LogP contribution in [0.4, 0.5) is 0 Å². The van der Waals surface area contributed by atoms with Crippen LogP contribution >= 0.6 is 27.7 Å². The average molecular weight is 453 g/mol. The SMILES string of the molecule is N#Cc1c(SCC(=O)c2ccc(Br)cc2)nc2c(c1-c1ccco1)CCCC2. The van der Waals surface area contributed by atoms with E-state index in [1.165, 1.54) is 11.8 Å². The van der Waals surface area contributed by atoms with Crippen molar-refractivity contribution in [1.29, 1.82) is 5.26 Å². The van der Waals surface area contributed by atoms with Gasteiger partial charge in [0.25, 0.3) is 0 Å². The molecule has 4 nitrogen and oxygen atoms in total. The van der Waals surface area contributed by atoms with Gasteiger partial charge >= 0.3 is 0 Å². The molecular formula is C22H17BrN2O2S. The normalized spacial score (nSPS) is 13.0. The quantitative estimate of drug-likeness (QED) is 0.359. The van der Waals surface area contributed by atoms with Gasteiger partial charge < -0.3 is 4.42 Å². The maximum atomic E-state index is 12.6. The second kappa shape index (κ2) is 8.34. The molecule has 6 heteroatoms. The monoisotopic (exact) mass is 452 g/mol. The summed E-state index contributed by atoms with van der Waals surface area (Å²) in [6.07, 6.45) is 5.59. The van der Waals surface area contributed by atoms with Crippen molar-refractivity contribution in [2.75, 3.05) is 5.75 Å². The molecule has 0 aliphatic heterocycles. The van der Waals surface area contributed by atoms with E-state index in [0.29, 0.717) is 21.9 Å². The molecule has 2 aromatic heterocycles. The summed E-state index contributed by atoms with van der Waals surface area (Å²) in [5.74, 6) is 0.943. The molecule has 4 rings (SSSR count). The second-order valence-corrected chi connectivity index (χ2v) is 8.49. The Balaban J connectivity index is 1.69. The highest BCUT2D eigenvalue weighted by atomic mass is 79.9. The lowest BCUT2D eigenvalue weighted by atomic mass is 9.89. The maximum absolute atomic E-state index is 12.6. The number of ketones is 1. The number of benzene rings is 1. The fourth-order valence-electron chi connectivity index (χ4n) is 3.47. The molecule has 28 heavy (non-hydrogen) atoms. The van der Waals surface area contributed by atoms with Crippen molar-refractivity contribution in [3.8, 4) is 17.4 Å². The van der Waals surface area contributed by atoms with E-state index >= 15 is 0 Å². The van der Waals surface area contributed by atoms with Crippen molar-refractivity contribution in [1.82, 2.24) is 4.98 Å². The number of nitriles is 1. The van der Waals surface area contributed by atoms with E-state index in [1.54, 1.807) is 18.4 Å². The van der Waals surface area contributed by atoms with Crippen LogP contribution in [0.5, 0.6) is 0 Å². The molecule has 0 radical (unpaired) electrons. The number of thioether (sulfide) groups is 1. The number of hydrogen-bond donors (Lipinski definition) is 0. The largest absolute Gasteiger partial charge is 0.464 e. The van der Waals surface area contributed by atoms with Crippen LogP contribution in [-0.4, -0.2) is 16.5 Å². The van der Waals surface area contributed by atoms with E-state index in [2.05, 4.69) is 22.0 Å². The Kier molecular flexibility index (Phi) is 5.65. The van der Waals surface area contributed by atoms with Gasteiger partial charge in [-0.2, -0.15) is 5.26 Å². The number of nitrogens with zero attached hydrogens (tertiary/aromatic N) is 2. The number of halogens is 1. The minimum Gasteiger partial charge on any atom is -0.464 e. The summed E-state index contributed by atoms with van der Waals surface area (Å²) in [5, 5.41) is 10.5. The highest BCUT2D eigenvalue weighted by Crippen LogP contribution is 2.38. The molecule has 1 aliphatic carbocycles. The number of aromatic nitrogens is 1. The molecule has 0 saturated heterocycles. The zero-order valence-corrected chi connectivity index (χ0v) is 17.5. The fraction of sp³-hybridized carbons (Fsp3) is 0.227. The number of fused-ring (bicyclic) bond motifs is 1. The Hall–Kier alpha value is -2.36. The Labute approximate surface area is 176 Å². The van der Waals surface area contributed by atoms with Crippen molar-refractivity contribution in [2.45, 2.75) is 30.7 Å². The van der Waals surface area contributed by atoms with Gasteiger partial charge in [0.15, 0.2) is 5.78 Å². The highest BCUT2D eigenvalue weighted by molar-refractivity contribution is 9.10. The van der Waals surface area contributed by atoms with Gasteiger partial charge in [0.05, 0.1) is 17.6 Å². The number of carbonyl (C=O) groups is 1. The summed E-state index contributed by atoms with van der Waals surface area (Å²) in [6.45, 7) is 0. The Morgan fingerprint density at radius 1 is 1.21 bits per heavy atom. The first-order valence-electron chi connectivity index (χ1n) is 9.08. The van der Waals surface area contributed by atoms with E-state index in [9.17, 15) is 10.1 Å². The third-order valence-corrected chi connectivity index (χ3v) is 6.33. The number of furan rings is 1. The molecule has 2 heterocycles. The number of rotatable bonds is 5. The molecule has 1 aliphatic rings. The topological polar surface area (TPSA) is 66.9 Å². The van der Waals surface area contributed by atoms with Gasteiger partial charge in [-0.3, -0.25) is 4.79 Å². The van der Waals surface area contributed by atoms with Crippen LogP contribution in [0.1, 0.15) is 40.0 Å². The predicted molar refractivity (Wildman–Crippen MR) is 112 cm³/mol. The maximum Gasteiger partial charge on any atom is 0.173 e. The fourth-order valence-corrected chi connectivity index (χ4v) is 4.64. The van der Waals surface area contributed by atoms with Crippen LogP contribution in [0.3, 0.4) is 0 Å². The van der Waals surface area contributed by atoms with Gasteiger partial charge in [-0.05, 0) is 55.5 Å². The van der Waals surface area contributed by atoms with Crippen molar-refractivity contribution in [3.05, 3.63) is 69.5 Å². The average Bonchev–Trinajstić information content (AvgIpc) is 3.25. The summed E-state index contributed by atoms with van der Waals surface area (Å²) in [6, 6.07) is 13.3. The Morgan fingerprint density at radius 2 is 2.00 bits per heavy atom. The molecule has 0 N–H and O–H groups in total. The standard InChI is InChI=1S/C22H17BrN2O2S/c23-15-9-7-14(8-10-15)19(26)13-28-22-17(12-24)21(20-6-3-11-27-20)16-4-1-2-5-18(16)25-22/h3,6-11H,1-2,4-5,13H2. The van der Waals surface area contributed by atoms with E-state index < -0.39 is 0 Å². The number of pyridine rings is 1. The molecule has 3 aromatic rings. The molecule has 0 bridgehead atoms. The van der Waals surface area contributed by atoms with Crippen molar-refractivity contribution in [2.24, 2.45) is 0 Å². The zero-order chi connectivity index (χ0) is 19.5. The number of carbonyl (C=O) groups excluding carboxylic acids is 1. The van der Waals surface area contributed by atoms with E-state index in [0.717, 1.165) is 47.0 Å². The van der Waals surface area contributed by atoms with Crippen molar-refractivity contribution in [3.63, 3.8) is 0 Å².